The Kier molecular flexibility index (Phi) is 13.7. The molecule has 0 amide bonds. The van der Waals surface area contributed by atoms with Gasteiger partial charge in [-0.25, -0.2) is 4.99 Å². The monoisotopic (exact) mass is 468 g/mol. The third-order valence-electron chi connectivity index (χ3n) is 3.54. The molecule has 25 heavy (non-hydrogen) atoms. The van der Waals surface area contributed by atoms with Crippen molar-refractivity contribution in [3.05, 3.63) is 11.6 Å². The normalized spacial score (nSPS) is 11.5. The molecular formula is C16H33IN6O2. The van der Waals surface area contributed by atoms with Gasteiger partial charge in [-0.15, -0.1) is 34.2 Å². The number of aryl methyl sites for hydroxylation is 1. The van der Waals surface area contributed by atoms with Crippen LogP contribution in [-0.2, 0) is 23.1 Å². The van der Waals surface area contributed by atoms with E-state index in [4.69, 9.17) is 9.47 Å². The van der Waals surface area contributed by atoms with Gasteiger partial charge < -0.3 is 24.7 Å². The van der Waals surface area contributed by atoms with Gasteiger partial charge in [-0.05, 0) is 19.3 Å². The first-order valence-corrected chi connectivity index (χ1v) is 8.48. The lowest BCUT2D eigenvalue weighted by Gasteiger charge is -2.13. The first-order chi connectivity index (χ1) is 11.5. The molecule has 0 fully saturated rings. The second-order valence-corrected chi connectivity index (χ2v) is 6.03. The summed E-state index contributed by atoms with van der Waals surface area (Å²) in [5, 5.41) is 14.7. The summed E-state index contributed by atoms with van der Waals surface area (Å²) < 4.78 is 12.6. The van der Waals surface area contributed by atoms with Crippen molar-refractivity contribution in [2.45, 2.75) is 33.7 Å². The number of aromatic nitrogens is 3. The van der Waals surface area contributed by atoms with E-state index < -0.39 is 0 Å². The molecule has 0 aliphatic rings. The van der Waals surface area contributed by atoms with E-state index in [1.807, 2.05) is 18.5 Å². The lowest BCUT2D eigenvalue weighted by atomic mass is 10.1. The molecule has 8 nitrogen and oxygen atoms in total. The highest BCUT2D eigenvalue weighted by atomic mass is 127. The van der Waals surface area contributed by atoms with Gasteiger partial charge in [0, 0.05) is 33.9 Å². The molecule has 0 aromatic carbocycles. The molecule has 9 heteroatoms. The first kappa shape index (κ1) is 24.1. The Labute approximate surface area is 168 Å². The Morgan fingerprint density at radius 3 is 2.40 bits per heavy atom. The minimum absolute atomic E-state index is 0. The Balaban J connectivity index is 0.00000576. The molecule has 0 aliphatic heterocycles. The van der Waals surface area contributed by atoms with Gasteiger partial charge >= 0.3 is 0 Å². The molecule has 1 heterocycles. The van der Waals surface area contributed by atoms with Crippen LogP contribution in [0.2, 0.25) is 0 Å². The third kappa shape index (κ3) is 10.6. The summed E-state index contributed by atoms with van der Waals surface area (Å²) in [6.07, 6.45) is 1.08. The van der Waals surface area contributed by atoms with Crippen molar-refractivity contribution in [3.63, 3.8) is 0 Å². The standard InChI is InChI=1S/C16H32N6O2.HI/c1-13(2)6-9-24-11-8-18-16(17-7-10-23-5)19-12-15-21-20-14(3)22(15)4;/h13H,6-12H2,1-5H3,(H2,17,18,19);1H. The van der Waals surface area contributed by atoms with Crippen LogP contribution in [0, 0.1) is 12.8 Å². The van der Waals surface area contributed by atoms with Crippen molar-refractivity contribution in [2.75, 3.05) is 40.0 Å². The van der Waals surface area contributed by atoms with Gasteiger partial charge in [0.1, 0.15) is 12.4 Å². The van der Waals surface area contributed by atoms with E-state index in [2.05, 4.69) is 39.7 Å². The summed E-state index contributed by atoms with van der Waals surface area (Å²) in [7, 11) is 3.62. The molecule has 0 spiro atoms. The molecule has 1 aromatic rings. The smallest absolute Gasteiger partial charge is 0.191 e. The predicted octanol–water partition coefficient (Wildman–Crippen LogP) is 1.49. The van der Waals surface area contributed by atoms with Crippen LogP contribution in [0.15, 0.2) is 4.99 Å². The Morgan fingerprint density at radius 2 is 1.84 bits per heavy atom. The highest BCUT2D eigenvalue weighted by Crippen LogP contribution is 1.99. The van der Waals surface area contributed by atoms with Gasteiger partial charge in [0.25, 0.3) is 0 Å². The summed E-state index contributed by atoms with van der Waals surface area (Å²) in [5.41, 5.74) is 0. The van der Waals surface area contributed by atoms with Crippen LogP contribution in [0.1, 0.15) is 31.9 Å². The van der Waals surface area contributed by atoms with Crippen molar-refractivity contribution in [1.82, 2.24) is 25.4 Å². The number of nitrogens with zero attached hydrogens (tertiary/aromatic N) is 4. The number of hydrogen-bond donors (Lipinski definition) is 2. The summed E-state index contributed by atoms with van der Waals surface area (Å²) in [6, 6.07) is 0. The van der Waals surface area contributed by atoms with Crippen molar-refractivity contribution in [1.29, 1.82) is 0 Å². The maximum atomic E-state index is 5.61. The maximum absolute atomic E-state index is 5.61. The number of methoxy groups -OCH3 is 1. The number of aliphatic imine (C=N–C) groups is 1. The summed E-state index contributed by atoms with van der Waals surface area (Å²) in [4.78, 5) is 4.55. The van der Waals surface area contributed by atoms with E-state index in [9.17, 15) is 0 Å². The molecule has 1 rings (SSSR count). The topological polar surface area (TPSA) is 85.6 Å². The SMILES string of the molecule is COCCNC(=NCc1nnc(C)n1C)NCCOCCC(C)C.I. The summed E-state index contributed by atoms with van der Waals surface area (Å²) in [6.45, 7) is 10.2. The van der Waals surface area contributed by atoms with Crippen molar-refractivity contribution >= 4 is 29.9 Å². The fourth-order valence-electron chi connectivity index (χ4n) is 1.85. The molecule has 0 saturated carbocycles. The lowest BCUT2D eigenvalue weighted by molar-refractivity contribution is 0.128. The zero-order chi connectivity index (χ0) is 17.8. The molecule has 2 N–H and O–H groups in total. The van der Waals surface area contributed by atoms with E-state index in [0.717, 1.165) is 30.6 Å². The predicted molar refractivity (Wildman–Crippen MR) is 110 cm³/mol. The van der Waals surface area contributed by atoms with E-state index in [0.29, 0.717) is 38.8 Å². The second kappa shape index (κ2) is 14.3. The van der Waals surface area contributed by atoms with Crippen LogP contribution in [0.25, 0.3) is 0 Å². The maximum Gasteiger partial charge on any atom is 0.191 e. The molecule has 1 aromatic heterocycles. The highest BCUT2D eigenvalue weighted by Gasteiger charge is 2.05. The number of hydrogen-bond acceptors (Lipinski definition) is 5. The average Bonchev–Trinajstić information content (AvgIpc) is 2.86. The van der Waals surface area contributed by atoms with Crippen LogP contribution in [0.5, 0.6) is 0 Å². The molecule has 0 unspecified atom stereocenters. The van der Waals surface area contributed by atoms with Gasteiger partial charge in [-0.1, -0.05) is 13.8 Å². The largest absolute Gasteiger partial charge is 0.383 e. The summed E-state index contributed by atoms with van der Waals surface area (Å²) in [5.74, 6) is 3.09. The van der Waals surface area contributed by atoms with Crippen LogP contribution in [0.4, 0.5) is 0 Å². The minimum atomic E-state index is 0. The number of rotatable bonds is 11. The molecule has 0 aliphatic carbocycles. The van der Waals surface area contributed by atoms with Crippen molar-refractivity contribution in [2.24, 2.45) is 18.0 Å². The Morgan fingerprint density at radius 1 is 1.16 bits per heavy atom. The first-order valence-electron chi connectivity index (χ1n) is 8.48. The Hall–Kier alpha value is -0.940. The Bertz CT molecular complexity index is 493. The molecular weight excluding hydrogens is 435 g/mol. The van der Waals surface area contributed by atoms with Gasteiger partial charge in [-0.3, -0.25) is 0 Å². The van der Waals surface area contributed by atoms with E-state index in [1.165, 1.54) is 0 Å². The zero-order valence-electron chi connectivity index (χ0n) is 16.0. The van der Waals surface area contributed by atoms with Crippen LogP contribution >= 0.6 is 24.0 Å². The van der Waals surface area contributed by atoms with Gasteiger partial charge in [-0.2, -0.15) is 0 Å². The third-order valence-corrected chi connectivity index (χ3v) is 3.54. The van der Waals surface area contributed by atoms with Crippen LogP contribution < -0.4 is 10.6 Å². The quantitative estimate of drug-likeness (QED) is 0.222. The summed E-state index contributed by atoms with van der Waals surface area (Å²) >= 11 is 0. The van der Waals surface area contributed by atoms with Crippen LogP contribution in [0.3, 0.4) is 0 Å². The fraction of sp³-hybridized carbons (Fsp3) is 0.812. The zero-order valence-corrected chi connectivity index (χ0v) is 18.4. The fourth-order valence-corrected chi connectivity index (χ4v) is 1.85. The van der Waals surface area contributed by atoms with Gasteiger partial charge in [0.05, 0.1) is 13.2 Å². The van der Waals surface area contributed by atoms with E-state index in [1.54, 1.807) is 7.11 Å². The van der Waals surface area contributed by atoms with Crippen molar-refractivity contribution in [3.8, 4) is 0 Å². The number of ether oxygens (including phenoxy) is 2. The lowest BCUT2D eigenvalue weighted by Crippen LogP contribution is -2.40. The number of guanidine groups is 1. The molecule has 0 atom stereocenters. The molecule has 0 bridgehead atoms. The molecule has 0 radical (unpaired) electrons. The highest BCUT2D eigenvalue weighted by molar-refractivity contribution is 14.0. The van der Waals surface area contributed by atoms with Gasteiger partial charge in [0.15, 0.2) is 11.8 Å². The molecule has 0 saturated heterocycles. The van der Waals surface area contributed by atoms with Crippen LogP contribution in [-0.4, -0.2) is 60.7 Å². The average molecular weight is 468 g/mol. The number of nitrogens with one attached hydrogen (secondary N) is 2. The minimum Gasteiger partial charge on any atom is -0.383 e. The van der Waals surface area contributed by atoms with Crippen molar-refractivity contribution < 1.29 is 9.47 Å². The molecule has 146 valence electrons. The van der Waals surface area contributed by atoms with Gasteiger partial charge in [0.2, 0.25) is 0 Å². The van der Waals surface area contributed by atoms with E-state index in [-0.39, 0.29) is 24.0 Å². The van der Waals surface area contributed by atoms with E-state index >= 15 is 0 Å². The number of halogens is 1. The second-order valence-electron chi connectivity index (χ2n) is 6.03.